The van der Waals surface area contributed by atoms with E-state index in [-0.39, 0.29) is 6.71 Å². The summed E-state index contributed by atoms with van der Waals surface area (Å²) in [5, 5.41) is 13.9. The molecule has 2 nitrogen and oxygen atoms in total. The van der Waals surface area contributed by atoms with Gasteiger partial charge < -0.3 is 9.80 Å². The molecule has 0 aliphatic carbocycles. The summed E-state index contributed by atoms with van der Waals surface area (Å²) in [6, 6.07) is 83.7. The molecule has 5 heteroatoms. The molecular weight excluding hydrogens is 848 g/mol. The standard InChI is InChI=1S/C62H37BN2S2/c1-3-20-38(21-4-1)54-44-28-11-7-24-40(44)42-26-9-13-30-46(42)58(54)64-50-34-19-35-51-57(50)63(61-60(64)49-33-16-18-37-53(49)66-61)56-48-32-15-17-36-52(48)67-62(56)65(51)59-47-31-14-10-27-43(47)41-25-8-12-29-45(41)55(59)39-22-5-2-6-23-39/h1-37H. The Morgan fingerprint density at radius 2 is 0.687 bits per heavy atom. The van der Waals surface area contributed by atoms with Gasteiger partial charge in [0.15, 0.2) is 0 Å². The summed E-state index contributed by atoms with van der Waals surface area (Å²) in [4.78, 5) is 5.37. The second kappa shape index (κ2) is 14.3. The average molecular weight is 885 g/mol. The smallest absolute Gasteiger partial charge is 0.266 e. The average Bonchev–Trinajstić information content (AvgIpc) is 3.98. The Labute approximate surface area is 395 Å². The Hall–Kier alpha value is -7.96. The quantitative estimate of drug-likeness (QED) is 0.128. The van der Waals surface area contributed by atoms with E-state index in [0.717, 1.165) is 0 Å². The van der Waals surface area contributed by atoms with Gasteiger partial charge in [-0.2, -0.15) is 0 Å². The van der Waals surface area contributed by atoms with Crippen molar-refractivity contribution in [3.8, 4) is 22.3 Å². The lowest BCUT2D eigenvalue weighted by Gasteiger charge is -2.43. The maximum absolute atomic E-state index is 2.69. The van der Waals surface area contributed by atoms with Gasteiger partial charge in [0, 0.05) is 52.8 Å². The zero-order valence-electron chi connectivity index (χ0n) is 36.2. The Bertz CT molecular complexity index is 4190. The Balaban J connectivity index is 1.14. The molecule has 0 N–H and O–H groups in total. The summed E-state index contributed by atoms with van der Waals surface area (Å²) >= 11 is 3.90. The summed E-state index contributed by atoms with van der Waals surface area (Å²) in [6.07, 6.45) is 0. The van der Waals surface area contributed by atoms with Crippen LogP contribution >= 0.6 is 22.7 Å². The minimum absolute atomic E-state index is 0.00367. The highest BCUT2D eigenvalue weighted by molar-refractivity contribution is 7.35. The Morgan fingerprint density at radius 3 is 1.24 bits per heavy atom. The minimum atomic E-state index is -0.00367. The zero-order chi connectivity index (χ0) is 43.7. The Kier molecular flexibility index (Phi) is 7.94. The molecule has 0 atom stereocenters. The van der Waals surface area contributed by atoms with Gasteiger partial charge in [-0.3, -0.25) is 0 Å². The van der Waals surface area contributed by atoms with Crippen LogP contribution in [0.2, 0.25) is 0 Å². The second-order valence-electron chi connectivity index (χ2n) is 17.8. The summed E-state index contributed by atoms with van der Waals surface area (Å²) < 4.78 is 3.98. The molecule has 0 fully saturated rings. The molecule has 310 valence electrons. The van der Waals surface area contributed by atoms with E-state index < -0.39 is 0 Å². The van der Waals surface area contributed by atoms with Crippen LogP contribution in [0.4, 0.5) is 33.4 Å². The fourth-order valence-electron chi connectivity index (χ4n) is 11.8. The SMILES string of the molecule is c1ccc(-c2c(N3c4cccc5c4B(c4sc6ccccc6c4N5c4c(-c5ccccc5)c5ccccc5c5ccccc45)c4c3sc3ccccc43)c3ccccc3c3ccccc23)cc1. The largest absolute Gasteiger partial charge is 0.309 e. The predicted octanol–water partition coefficient (Wildman–Crippen LogP) is 16.1. The molecule has 4 heterocycles. The van der Waals surface area contributed by atoms with Crippen molar-refractivity contribution < 1.29 is 0 Å². The summed E-state index contributed by atoms with van der Waals surface area (Å²) in [7, 11) is 0. The molecule has 0 saturated carbocycles. The van der Waals surface area contributed by atoms with Gasteiger partial charge in [0.2, 0.25) is 0 Å². The molecule has 2 aromatic heterocycles. The predicted molar refractivity (Wildman–Crippen MR) is 292 cm³/mol. The van der Waals surface area contributed by atoms with Gasteiger partial charge in [0.25, 0.3) is 6.71 Å². The van der Waals surface area contributed by atoms with Gasteiger partial charge in [-0.15, -0.1) is 22.7 Å². The fraction of sp³-hybridized carbons (Fsp3) is 0. The second-order valence-corrected chi connectivity index (χ2v) is 19.9. The van der Waals surface area contributed by atoms with Crippen molar-refractivity contribution in [3.05, 3.63) is 224 Å². The van der Waals surface area contributed by atoms with E-state index in [0.29, 0.717) is 0 Å². The maximum Gasteiger partial charge on any atom is 0.266 e. The van der Waals surface area contributed by atoms with E-state index in [1.54, 1.807) is 0 Å². The molecule has 2 aliphatic rings. The van der Waals surface area contributed by atoms with Crippen LogP contribution in [0.15, 0.2) is 224 Å². The molecule has 0 saturated heterocycles. The normalized spacial score (nSPS) is 13.0. The lowest BCUT2D eigenvalue weighted by Crippen LogP contribution is -2.60. The van der Waals surface area contributed by atoms with Gasteiger partial charge in [-0.25, -0.2) is 0 Å². The monoisotopic (exact) mass is 884 g/mol. The minimum Gasteiger partial charge on any atom is -0.309 e. The maximum atomic E-state index is 2.69. The number of hydrogen-bond acceptors (Lipinski definition) is 4. The lowest BCUT2D eigenvalue weighted by molar-refractivity contribution is 1.30. The van der Waals surface area contributed by atoms with Gasteiger partial charge in [0.05, 0.1) is 22.1 Å². The summed E-state index contributed by atoms with van der Waals surface area (Å²) in [6.45, 7) is -0.00367. The first-order chi connectivity index (χ1) is 33.3. The van der Waals surface area contributed by atoms with Gasteiger partial charge in [0.1, 0.15) is 0 Å². The fourth-order valence-corrected chi connectivity index (χ4v) is 14.4. The molecule has 67 heavy (non-hydrogen) atoms. The third-order valence-electron chi connectivity index (χ3n) is 14.4. The molecule has 11 aromatic carbocycles. The van der Waals surface area contributed by atoms with Gasteiger partial charge in [-0.05, 0) is 84.0 Å². The van der Waals surface area contributed by atoms with E-state index in [4.69, 9.17) is 0 Å². The lowest BCUT2D eigenvalue weighted by atomic mass is 9.36. The molecule has 0 radical (unpaired) electrons. The van der Waals surface area contributed by atoms with Gasteiger partial charge in [-0.1, -0.05) is 200 Å². The molecule has 15 rings (SSSR count). The first-order valence-corrected chi connectivity index (χ1v) is 24.7. The van der Waals surface area contributed by atoms with Crippen molar-refractivity contribution >= 4 is 142 Å². The number of anilines is 6. The van der Waals surface area contributed by atoms with Crippen LogP contribution in [-0.4, -0.2) is 6.71 Å². The molecule has 0 spiro atoms. The number of nitrogens with zero attached hydrogens (tertiary/aromatic N) is 2. The van der Waals surface area contributed by atoms with Crippen LogP contribution in [0, 0.1) is 0 Å². The van der Waals surface area contributed by atoms with E-state index in [2.05, 4.69) is 234 Å². The van der Waals surface area contributed by atoms with Crippen LogP contribution in [0.25, 0.3) is 85.5 Å². The number of rotatable bonds is 4. The Morgan fingerprint density at radius 1 is 0.284 bits per heavy atom. The van der Waals surface area contributed by atoms with Crippen LogP contribution < -0.4 is 25.5 Å². The van der Waals surface area contributed by atoms with Crippen LogP contribution in [0.3, 0.4) is 0 Å². The molecule has 0 unspecified atom stereocenters. The first kappa shape index (κ1) is 37.3. The number of thiophene rings is 2. The highest BCUT2D eigenvalue weighted by atomic mass is 32.1. The van der Waals surface area contributed by atoms with Crippen molar-refractivity contribution in [2.24, 2.45) is 0 Å². The number of fused-ring (bicyclic) bond motifs is 14. The molecule has 2 aliphatic heterocycles. The zero-order valence-corrected chi connectivity index (χ0v) is 37.8. The third kappa shape index (κ3) is 5.16. The van der Waals surface area contributed by atoms with Crippen LogP contribution in [0.1, 0.15) is 0 Å². The number of hydrogen-bond donors (Lipinski definition) is 0. The summed E-state index contributed by atoms with van der Waals surface area (Å²) in [5.41, 5.74) is 13.8. The van der Waals surface area contributed by atoms with E-state index in [9.17, 15) is 0 Å². The topological polar surface area (TPSA) is 6.48 Å². The molecule has 0 bridgehead atoms. The molecular formula is C62H37BN2S2. The van der Waals surface area contributed by atoms with Gasteiger partial charge >= 0.3 is 0 Å². The van der Waals surface area contributed by atoms with E-state index in [1.807, 2.05) is 22.7 Å². The first-order valence-electron chi connectivity index (χ1n) is 23.1. The highest BCUT2D eigenvalue weighted by Crippen LogP contribution is 2.57. The third-order valence-corrected chi connectivity index (χ3v) is 16.8. The van der Waals surface area contributed by atoms with Crippen molar-refractivity contribution in [1.82, 2.24) is 0 Å². The summed E-state index contributed by atoms with van der Waals surface area (Å²) in [5.74, 6) is 0. The van der Waals surface area contributed by atoms with Crippen molar-refractivity contribution in [2.45, 2.75) is 0 Å². The van der Waals surface area contributed by atoms with Crippen molar-refractivity contribution in [1.29, 1.82) is 0 Å². The van der Waals surface area contributed by atoms with Crippen LogP contribution in [0.5, 0.6) is 0 Å². The van der Waals surface area contributed by atoms with Crippen LogP contribution in [-0.2, 0) is 0 Å². The van der Waals surface area contributed by atoms with E-state index >= 15 is 0 Å². The van der Waals surface area contributed by atoms with E-state index in [1.165, 1.54) is 135 Å². The molecule has 0 amide bonds. The van der Waals surface area contributed by atoms with Crippen molar-refractivity contribution in [3.63, 3.8) is 0 Å². The molecule has 13 aromatic rings. The van der Waals surface area contributed by atoms with Crippen molar-refractivity contribution in [2.75, 3.05) is 9.80 Å². The highest BCUT2D eigenvalue weighted by Gasteiger charge is 2.48. The number of benzene rings is 11.